The molecule has 0 spiro atoms. The molecule has 4 aromatic heterocycles. The smallest absolute Gasteiger partial charge is 0.318 e. The van der Waals surface area contributed by atoms with Crippen LogP contribution in [0.15, 0.2) is 132 Å². The first-order valence-corrected chi connectivity index (χ1v) is 21.4. The standard InChI is InChI=1S/C46H33N9O7S2/c1-61-39-12-13-47-22-38(39)28-15-27(16-30(17-28)43-49-45(53-51-43)63-23-40(56)57)26-10-9-25-5-3-7-36(37(25)21-26)42-35-8-4-6-33(34(35)11-14-48-42)29-18-31(20-32(19-29)55(60)62-2)44-50-46(54-52-44)64-24-41(58)59/h3-22H,23-24H2,1-2H3,(H3-,49,50,51,52,53,54,56,57,58,59)/p+1. The van der Waals surface area contributed by atoms with Gasteiger partial charge in [0.15, 0.2) is 29.1 Å². The third-order valence-corrected chi connectivity index (χ3v) is 12.0. The van der Waals surface area contributed by atoms with Crippen LogP contribution < -0.4 is 4.74 Å². The summed E-state index contributed by atoms with van der Waals surface area (Å²) in [6.45, 7) is 0. The number of pyridine rings is 2. The molecule has 18 heteroatoms. The molecule has 4 N–H and O–H groups in total. The minimum absolute atomic E-state index is 0.162. The van der Waals surface area contributed by atoms with Gasteiger partial charge in [0.25, 0.3) is 4.92 Å². The van der Waals surface area contributed by atoms with Gasteiger partial charge in [0, 0.05) is 58.4 Å². The minimum Gasteiger partial charge on any atom is -0.496 e. The SMILES string of the molecule is COc1ccncc1-c1cc(-c2ccc3cccc(-c4nccc5c(-c6cc(-c7nnc(SCC(=O)O)[nH]7)cc([N+](=O)OC)c6)cccc45)c3c2)cc(-c2nnc(SCC(=O)O)[nH]2)c1. The van der Waals surface area contributed by atoms with Gasteiger partial charge in [-0.1, -0.05) is 72.1 Å². The molecule has 0 aliphatic rings. The first-order valence-electron chi connectivity index (χ1n) is 19.4. The fourth-order valence-corrected chi connectivity index (χ4v) is 8.51. The average Bonchev–Trinajstić information content (AvgIpc) is 4.02. The Kier molecular flexibility index (Phi) is 11.5. The second-order valence-corrected chi connectivity index (χ2v) is 16.1. The van der Waals surface area contributed by atoms with E-state index in [9.17, 15) is 19.6 Å². The summed E-state index contributed by atoms with van der Waals surface area (Å²) in [4.78, 5) is 56.3. The maximum Gasteiger partial charge on any atom is 0.318 e. The van der Waals surface area contributed by atoms with Crippen molar-refractivity contribution in [3.63, 3.8) is 0 Å². The molecule has 316 valence electrons. The predicted octanol–water partition coefficient (Wildman–Crippen LogP) is 9.36. The molecular weight excluding hydrogens is 855 g/mol. The van der Waals surface area contributed by atoms with Crippen LogP contribution >= 0.6 is 23.5 Å². The van der Waals surface area contributed by atoms with Crippen LogP contribution in [0.5, 0.6) is 5.75 Å². The number of aromatic amines is 2. The molecule has 0 saturated carbocycles. The molecule has 9 aromatic rings. The van der Waals surface area contributed by atoms with Crippen molar-refractivity contribution in [2.45, 2.75) is 10.3 Å². The minimum atomic E-state index is -0.986. The van der Waals surface area contributed by atoms with Gasteiger partial charge in [0.2, 0.25) is 0 Å². The van der Waals surface area contributed by atoms with E-state index < -0.39 is 11.9 Å². The van der Waals surface area contributed by atoms with Gasteiger partial charge in [0.1, 0.15) is 5.75 Å². The number of aliphatic carboxylic acids is 2. The van der Waals surface area contributed by atoms with E-state index in [0.717, 1.165) is 89.7 Å². The number of fused-ring (bicyclic) bond motifs is 2. The van der Waals surface area contributed by atoms with E-state index in [1.807, 2.05) is 54.6 Å². The summed E-state index contributed by atoms with van der Waals surface area (Å²) < 4.78 is 5.72. The fraction of sp³-hybridized carbons (Fsp3) is 0.0870. The van der Waals surface area contributed by atoms with Gasteiger partial charge in [-0.15, -0.1) is 20.4 Å². The highest BCUT2D eigenvalue weighted by atomic mass is 32.2. The molecule has 4 heterocycles. The number of rotatable bonds is 15. The monoisotopic (exact) mass is 888 g/mol. The molecule has 16 nitrogen and oxygen atoms in total. The van der Waals surface area contributed by atoms with Crippen LogP contribution in [-0.4, -0.2) is 93.1 Å². The van der Waals surface area contributed by atoms with Crippen molar-refractivity contribution < 1.29 is 34.3 Å². The van der Waals surface area contributed by atoms with E-state index in [-0.39, 0.29) is 17.2 Å². The lowest BCUT2D eigenvalue weighted by atomic mass is 9.91. The van der Waals surface area contributed by atoms with Crippen molar-refractivity contribution in [3.8, 4) is 73.2 Å². The van der Waals surface area contributed by atoms with Crippen molar-refractivity contribution in [1.82, 2.24) is 40.3 Å². The number of aromatic nitrogens is 8. The molecule has 0 bridgehead atoms. The average molecular weight is 889 g/mol. The second-order valence-electron chi connectivity index (χ2n) is 14.2. The molecule has 5 aromatic carbocycles. The van der Waals surface area contributed by atoms with Gasteiger partial charge >= 0.3 is 17.6 Å². The molecule has 0 fully saturated rings. The number of carboxylic acid groups (broad SMARTS) is 2. The van der Waals surface area contributed by atoms with Crippen LogP contribution in [0.3, 0.4) is 0 Å². The Morgan fingerprint density at radius 2 is 1.27 bits per heavy atom. The number of nitrogens with one attached hydrogen (secondary N) is 2. The van der Waals surface area contributed by atoms with E-state index in [1.165, 1.54) is 7.11 Å². The summed E-state index contributed by atoms with van der Waals surface area (Å²) in [5, 5.41) is 39.7. The normalized spacial score (nSPS) is 11.2. The number of hydrogen-bond donors (Lipinski definition) is 4. The van der Waals surface area contributed by atoms with Crippen molar-refractivity contribution in [2.75, 3.05) is 25.7 Å². The number of nitrogens with zero attached hydrogens (tertiary/aromatic N) is 7. The summed E-state index contributed by atoms with van der Waals surface area (Å²) >= 11 is 2.05. The van der Waals surface area contributed by atoms with Crippen LogP contribution in [0, 0.1) is 4.91 Å². The van der Waals surface area contributed by atoms with E-state index in [1.54, 1.807) is 43.9 Å². The molecule has 0 saturated heterocycles. The highest BCUT2D eigenvalue weighted by Gasteiger charge is 2.22. The van der Waals surface area contributed by atoms with Gasteiger partial charge in [0.05, 0.1) is 29.2 Å². The fourth-order valence-electron chi connectivity index (χ4n) is 7.45. The number of carboxylic acids is 2. The van der Waals surface area contributed by atoms with Crippen molar-refractivity contribution in [3.05, 3.63) is 127 Å². The summed E-state index contributed by atoms with van der Waals surface area (Å²) in [6, 6.07) is 33.3. The van der Waals surface area contributed by atoms with Crippen LogP contribution in [0.2, 0.25) is 0 Å². The number of thioether (sulfide) groups is 2. The number of methoxy groups -OCH3 is 1. The lowest BCUT2D eigenvalue weighted by Crippen LogP contribution is -1.99. The van der Waals surface area contributed by atoms with Crippen LogP contribution in [0.25, 0.3) is 89.0 Å². The zero-order valence-corrected chi connectivity index (χ0v) is 35.5. The van der Waals surface area contributed by atoms with Crippen LogP contribution in [0.1, 0.15) is 0 Å². The molecular formula is C46H34N9O7S2+. The first-order chi connectivity index (χ1) is 31.1. The summed E-state index contributed by atoms with van der Waals surface area (Å²) in [5.41, 5.74) is 8.03. The topological polar surface area (TPSA) is 222 Å². The Morgan fingerprint density at radius 1 is 0.625 bits per heavy atom. The lowest BCUT2D eigenvalue weighted by molar-refractivity contribution is -0.736. The van der Waals surface area contributed by atoms with Crippen molar-refractivity contribution in [1.29, 1.82) is 0 Å². The molecule has 0 aliphatic heterocycles. The largest absolute Gasteiger partial charge is 0.496 e. The molecule has 64 heavy (non-hydrogen) atoms. The van der Waals surface area contributed by atoms with E-state index in [0.29, 0.717) is 43.8 Å². The van der Waals surface area contributed by atoms with Gasteiger partial charge in [-0.3, -0.25) is 19.6 Å². The number of carbonyl (C=O) groups is 2. The summed E-state index contributed by atoms with van der Waals surface area (Å²) in [6.07, 6.45) is 5.18. The van der Waals surface area contributed by atoms with Crippen molar-refractivity contribution >= 4 is 62.7 Å². The molecule has 0 unspecified atom stereocenters. The van der Waals surface area contributed by atoms with E-state index >= 15 is 0 Å². The molecule has 0 amide bonds. The number of hydrogen-bond acceptors (Lipinski definition) is 13. The molecule has 0 aliphatic carbocycles. The van der Waals surface area contributed by atoms with E-state index in [4.69, 9.17) is 19.7 Å². The number of H-pyrrole nitrogens is 2. The van der Waals surface area contributed by atoms with Gasteiger partial charge < -0.3 is 24.9 Å². The second kappa shape index (κ2) is 17.8. The summed E-state index contributed by atoms with van der Waals surface area (Å²) in [7, 11) is 2.89. The highest BCUT2D eigenvalue weighted by Crippen LogP contribution is 2.41. The lowest BCUT2D eigenvalue weighted by Gasteiger charge is -2.14. The Morgan fingerprint density at radius 3 is 1.97 bits per heavy atom. The number of benzene rings is 5. The number of ether oxygens (including phenoxy) is 1. The van der Waals surface area contributed by atoms with Crippen molar-refractivity contribution in [2.24, 2.45) is 0 Å². The molecule has 9 rings (SSSR count). The molecule has 0 atom stereocenters. The van der Waals surface area contributed by atoms with Gasteiger partial charge in [-0.05, 0) is 86.4 Å². The van der Waals surface area contributed by atoms with Gasteiger partial charge in [-0.2, -0.15) is 0 Å². The maximum absolute atomic E-state index is 12.9. The highest BCUT2D eigenvalue weighted by molar-refractivity contribution is 8.00. The summed E-state index contributed by atoms with van der Waals surface area (Å²) in [5.74, 6) is -0.835. The zero-order valence-electron chi connectivity index (χ0n) is 33.8. The Balaban J connectivity index is 1.16. The van der Waals surface area contributed by atoms with Crippen LogP contribution in [0.4, 0.5) is 5.69 Å². The Bertz CT molecular complexity index is 3280. The third kappa shape index (κ3) is 8.46. The van der Waals surface area contributed by atoms with Crippen LogP contribution in [-0.2, 0) is 14.4 Å². The van der Waals surface area contributed by atoms with E-state index in [2.05, 4.69) is 65.7 Å². The predicted molar refractivity (Wildman–Crippen MR) is 243 cm³/mol. The molecule has 0 radical (unpaired) electrons. The maximum atomic E-state index is 12.9. The zero-order chi connectivity index (χ0) is 44.3. The Hall–Kier alpha value is -7.96. The quantitative estimate of drug-likeness (QED) is 0.0556. The van der Waals surface area contributed by atoms with Gasteiger partial charge in [-0.25, -0.2) is 4.84 Å². The third-order valence-electron chi connectivity index (χ3n) is 10.3. The first kappa shape index (κ1) is 41.4. The Labute approximate surface area is 371 Å².